The average molecular weight is 950 g/mol. The molecule has 0 aliphatic rings. The highest BCUT2D eigenvalue weighted by Crippen LogP contribution is 2.31. The summed E-state index contributed by atoms with van der Waals surface area (Å²) in [6.45, 7) is 26.5. The molecule has 336 valence electrons. The van der Waals surface area contributed by atoms with Gasteiger partial charge in [-0.2, -0.15) is 0 Å². The van der Waals surface area contributed by atoms with Gasteiger partial charge in [-0.25, -0.2) is 4.39 Å². The maximum absolute atomic E-state index is 13.3. The van der Waals surface area contributed by atoms with E-state index in [0.29, 0.717) is 11.9 Å². The van der Waals surface area contributed by atoms with Gasteiger partial charge in [0.15, 0.2) is 33.3 Å². The number of ether oxygens (including phenoxy) is 1. The van der Waals surface area contributed by atoms with Crippen molar-refractivity contribution >= 4 is 79.4 Å². The number of nitrogens with one attached hydrogen (secondary N) is 2. The van der Waals surface area contributed by atoms with Crippen molar-refractivity contribution in [1.29, 1.82) is 0 Å². The lowest BCUT2D eigenvalue weighted by Gasteiger charge is -2.39. The van der Waals surface area contributed by atoms with Crippen molar-refractivity contribution < 1.29 is 52.1 Å². The van der Waals surface area contributed by atoms with Gasteiger partial charge in [0.1, 0.15) is 5.75 Å². The molecule has 2 N–H and O–H groups in total. The van der Waals surface area contributed by atoms with E-state index in [4.69, 9.17) is 47.8 Å². The zero-order valence-electron chi connectivity index (χ0n) is 38.9. The van der Waals surface area contributed by atoms with E-state index in [-0.39, 0.29) is 0 Å². The highest BCUT2D eigenvalue weighted by Gasteiger charge is 2.43. The maximum Gasteiger partial charge on any atom is 0.500 e. The normalized spacial score (nSPS) is 13.9. The topological polar surface area (TPSA) is 126 Å². The van der Waals surface area contributed by atoms with Gasteiger partial charge in [0.05, 0.1) is 0 Å². The molecule has 0 heterocycles. The Kier molecular flexibility index (Phi) is 23.0. The van der Waals surface area contributed by atoms with Gasteiger partial charge in [0.2, 0.25) is 6.86 Å². The van der Waals surface area contributed by atoms with E-state index in [1.165, 1.54) is 0 Å². The largest absolute Gasteiger partial charge is 0.500 e. The number of hydrogen-bond donors (Lipinski definition) is 2. The summed E-state index contributed by atoms with van der Waals surface area (Å²) in [5.41, 5.74) is 1.71. The van der Waals surface area contributed by atoms with Crippen LogP contribution in [-0.2, 0) is 43.0 Å². The quantitative estimate of drug-likeness (QED) is 0.0527. The third kappa shape index (κ3) is 21.5. The molecule has 0 aromatic heterocycles. The molecule has 0 unspecified atom stereocenters. The van der Waals surface area contributed by atoms with Crippen LogP contribution in [0.5, 0.6) is 5.75 Å². The van der Waals surface area contributed by atoms with E-state index in [1.807, 2.05) is 18.2 Å². The number of benzene rings is 1. The standard InChI is InChI=1S/C35H81FN2O11Si8/c1-39-56(40-2,41-3)26-20-24-51(9,10)47-54(15,16)46-50(7,8)23-19-22-37-33-28-34(30-35(29-33)45-31-36)38-32-53(13,14)49-55(17,18)48-52(11,12)25-21-27-57(42-4,43-5)44-6/h28-30,37-38H,19-27,31-32H2,1-18H3. The Labute approximate surface area is 354 Å². The fourth-order valence-electron chi connectivity index (χ4n) is 7.48. The van der Waals surface area contributed by atoms with Crippen LogP contribution in [0.2, 0.25) is 109 Å². The Bertz CT molecular complexity index is 1290. The second-order valence-electron chi connectivity index (χ2n) is 17.9. The van der Waals surface area contributed by atoms with Crippen LogP contribution in [0.25, 0.3) is 0 Å². The first-order valence-electron chi connectivity index (χ1n) is 20.1. The predicted molar refractivity (Wildman–Crippen MR) is 251 cm³/mol. The first-order valence-corrected chi connectivity index (χ1v) is 42.1. The summed E-state index contributed by atoms with van der Waals surface area (Å²) in [6.07, 6.45) is 3.43. The van der Waals surface area contributed by atoms with Crippen LogP contribution in [0, 0.1) is 0 Å². The van der Waals surface area contributed by atoms with E-state index in [1.54, 1.807) is 42.7 Å². The Morgan fingerprint density at radius 1 is 0.456 bits per heavy atom. The fourth-order valence-corrected chi connectivity index (χ4v) is 39.2. The molecule has 22 heteroatoms. The summed E-state index contributed by atoms with van der Waals surface area (Å²) >= 11 is 0. The fraction of sp³-hybridized carbons (Fsp3) is 0.829. The smallest absolute Gasteiger partial charge is 0.463 e. The van der Waals surface area contributed by atoms with Crippen LogP contribution in [-0.4, -0.2) is 130 Å². The average Bonchev–Trinajstić information content (AvgIpc) is 3.08. The summed E-state index contributed by atoms with van der Waals surface area (Å²) in [7, 11) is -8.40. The molecule has 0 aliphatic carbocycles. The van der Waals surface area contributed by atoms with Crippen molar-refractivity contribution in [2.24, 2.45) is 0 Å². The monoisotopic (exact) mass is 948 g/mol. The van der Waals surface area contributed by atoms with Gasteiger partial charge in [-0.15, -0.1) is 0 Å². The molecule has 1 rings (SSSR count). The lowest BCUT2D eigenvalue weighted by molar-refractivity contribution is 0.123. The van der Waals surface area contributed by atoms with E-state index in [9.17, 15) is 4.39 Å². The molecule has 13 nitrogen and oxygen atoms in total. The van der Waals surface area contributed by atoms with Gasteiger partial charge in [-0.3, -0.25) is 0 Å². The van der Waals surface area contributed by atoms with Crippen LogP contribution in [0.15, 0.2) is 18.2 Å². The van der Waals surface area contributed by atoms with Gasteiger partial charge >= 0.3 is 34.7 Å². The molecule has 0 spiro atoms. The van der Waals surface area contributed by atoms with Gasteiger partial charge in [-0.1, -0.05) is 0 Å². The molecule has 0 bridgehead atoms. The minimum Gasteiger partial charge on any atom is -0.463 e. The highest BCUT2D eigenvalue weighted by atomic mass is 28.5. The predicted octanol–water partition coefficient (Wildman–Crippen LogP) is 9.57. The van der Waals surface area contributed by atoms with E-state index < -0.39 is 74.9 Å². The van der Waals surface area contributed by atoms with Gasteiger partial charge < -0.3 is 58.4 Å². The van der Waals surface area contributed by atoms with Crippen molar-refractivity contribution in [2.45, 2.75) is 128 Å². The van der Waals surface area contributed by atoms with Crippen molar-refractivity contribution in [3.05, 3.63) is 18.2 Å². The Morgan fingerprint density at radius 2 is 0.807 bits per heavy atom. The minimum atomic E-state index is -2.61. The second kappa shape index (κ2) is 23.9. The Morgan fingerprint density at radius 3 is 1.18 bits per heavy atom. The number of halogens is 1. The third-order valence-corrected chi connectivity index (χ3v) is 37.7. The minimum absolute atomic E-state index is 0.466. The maximum atomic E-state index is 13.3. The lowest BCUT2D eigenvalue weighted by Crippen LogP contribution is -2.54. The van der Waals surface area contributed by atoms with Gasteiger partial charge in [-0.05, 0) is 122 Å². The first kappa shape index (κ1) is 54.9. The Balaban J connectivity index is 2.78. The van der Waals surface area contributed by atoms with E-state index in [2.05, 4.69) is 89.2 Å². The van der Waals surface area contributed by atoms with Gasteiger partial charge in [0.25, 0.3) is 0 Å². The molecule has 0 fully saturated rings. The van der Waals surface area contributed by atoms with Crippen LogP contribution >= 0.6 is 0 Å². The molecule has 0 amide bonds. The number of anilines is 2. The van der Waals surface area contributed by atoms with Crippen LogP contribution < -0.4 is 15.4 Å². The van der Waals surface area contributed by atoms with E-state index >= 15 is 0 Å². The molecule has 0 saturated carbocycles. The molecule has 0 radical (unpaired) electrons. The molecule has 0 atom stereocenters. The molecular weight excluding hydrogens is 868 g/mol. The summed E-state index contributed by atoms with van der Waals surface area (Å²) in [5, 5.41) is 7.11. The zero-order valence-corrected chi connectivity index (χ0v) is 46.9. The summed E-state index contributed by atoms with van der Waals surface area (Å²) < 4.78 is 79.6. The van der Waals surface area contributed by atoms with Crippen molar-refractivity contribution in [1.82, 2.24) is 0 Å². The van der Waals surface area contributed by atoms with Crippen LogP contribution in [0.3, 0.4) is 0 Å². The summed E-state index contributed by atoms with van der Waals surface area (Å²) in [4.78, 5) is 0. The first-order chi connectivity index (χ1) is 26.2. The lowest BCUT2D eigenvalue weighted by atomic mass is 10.2. The third-order valence-electron chi connectivity index (χ3n) is 9.61. The summed E-state index contributed by atoms with van der Waals surface area (Å²) in [5.74, 6) is 0.466. The number of rotatable bonds is 32. The Hall–Kier alpha value is -0.115. The molecule has 1 aromatic rings. The number of hydrogen-bond acceptors (Lipinski definition) is 13. The van der Waals surface area contributed by atoms with Crippen molar-refractivity contribution in [3.63, 3.8) is 0 Å². The van der Waals surface area contributed by atoms with E-state index in [0.717, 1.165) is 67.4 Å². The van der Waals surface area contributed by atoms with Crippen LogP contribution in [0.1, 0.15) is 19.3 Å². The van der Waals surface area contributed by atoms with Crippen LogP contribution in [0.4, 0.5) is 15.8 Å². The zero-order chi connectivity index (χ0) is 43.8. The molecule has 1 aromatic carbocycles. The molecule has 0 saturated heterocycles. The molecular formula is C35H81FN2O11Si8. The van der Waals surface area contributed by atoms with Crippen molar-refractivity contribution in [3.8, 4) is 5.75 Å². The molecule has 0 aliphatic heterocycles. The SMILES string of the molecule is CO[Si](CCC[Si](C)(C)O[Si](C)(C)O[Si](C)(C)CCCNc1cc(NC[Si](C)(C)O[Si](C)(C)O[Si](C)(C)CCC[Si](OC)(OC)OC)cc(OCF)c1)(OC)OC. The second-order valence-corrected chi connectivity index (χ2v) is 48.9. The molecule has 57 heavy (non-hydrogen) atoms. The summed E-state index contributed by atoms with van der Waals surface area (Å²) in [6, 6.07) is 10.1. The van der Waals surface area contributed by atoms with Crippen molar-refractivity contribution in [2.75, 3.05) is 72.9 Å². The number of alkyl halides is 1. The highest BCUT2D eigenvalue weighted by molar-refractivity contribution is 6.89. The van der Waals surface area contributed by atoms with Gasteiger partial charge in [0, 0.05) is 91.0 Å².